The maximum Gasteiger partial charge on any atom is 0.277 e. The number of aromatic nitrogens is 2. The zero-order valence-corrected chi connectivity index (χ0v) is 16.7. The molecule has 0 saturated heterocycles. The number of fused-ring (bicyclic) bond motifs is 1. The second-order valence-electron chi connectivity index (χ2n) is 6.96. The third-order valence-corrected chi connectivity index (χ3v) is 4.86. The van der Waals surface area contributed by atoms with Crippen molar-refractivity contribution < 1.29 is 9.53 Å². The summed E-state index contributed by atoms with van der Waals surface area (Å²) in [7, 11) is 0. The predicted molar refractivity (Wildman–Crippen MR) is 114 cm³/mol. The first kappa shape index (κ1) is 18.9. The molecule has 1 N–H and O–H groups in total. The van der Waals surface area contributed by atoms with Crippen molar-refractivity contribution in [1.29, 1.82) is 0 Å². The molecule has 3 aromatic rings. The van der Waals surface area contributed by atoms with Crippen molar-refractivity contribution in [2.24, 2.45) is 0 Å². The number of rotatable bonds is 5. The molecule has 0 spiro atoms. The van der Waals surface area contributed by atoms with Crippen LogP contribution in [0.3, 0.4) is 0 Å². The Hall–Kier alpha value is -3.41. The molecule has 1 aliphatic rings. The van der Waals surface area contributed by atoms with Gasteiger partial charge in [0.05, 0.1) is 12.3 Å². The van der Waals surface area contributed by atoms with E-state index in [0.717, 1.165) is 35.7 Å². The first-order chi connectivity index (χ1) is 14.2. The van der Waals surface area contributed by atoms with E-state index in [0.29, 0.717) is 24.8 Å². The number of hydrogen-bond donors (Lipinski definition) is 1. The molecule has 0 unspecified atom stereocenters. The van der Waals surface area contributed by atoms with Crippen molar-refractivity contribution in [3.63, 3.8) is 0 Å². The van der Waals surface area contributed by atoms with E-state index in [-0.39, 0.29) is 5.91 Å². The first-order valence-corrected chi connectivity index (χ1v) is 9.90. The van der Waals surface area contributed by atoms with Gasteiger partial charge in [-0.1, -0.05) is 30.3 Å². The third kappa shape index (κ3) is 4.06. The molecule has 6 nitrogen and oxygen atoms in total. The number of para-hydroxylation sites is 3. The standard InChI is InChI=1S/C23H24N4O2/c1-3-29-21-13-7-5-11-18(21)25-23-24-16(2)15-19(26-23)22(28)27-14-8-10-17-9-4-6-12-20(17)27/h4-7,9,11-13,15H,3,8,10,14H2,1-2H3,(H,24,25,26). The lowest BCUT2D eigenvalue weighted by Crippen LogP contribution is -2.36. The number of amides is 1. The van der Waals surface area contributed by atoms with Gasteiger partial charge in [0.1, 0.15) is 11.4 Å². The first-order valence-electron chi connectivity index (χ1n) is 9.90. The van der Waals surface area contributed by atoms with Gasteiger partial charge < -0.3 is 15.0 Å². The average Bonchev–Trinajstić information content (AvgIpc) is 2.74. The molecule has 0 saturated carbocycles. The Morgan fingerprint density at radius 2 is 1.93 bits per heavy atom. The van der Waals surface area contributed by atoms with Gasteiger partial charge in [-0.3, -0.25) is 4.79 Å². The van der Waals surface area contributed by atoms with Crippen LogP contribution in [0.4, 0.5) is 17.3 Å². The highest BCUT2D eigenvalue weighted by Crippen LogP contribution is 2.29. The summed E-state index contributed by atoms with van der Waals surface area (Å²) in [6, 6.07) is 17.4. The molecule has 0 radical (unpaired) electrons. The molecule has 1 aliphatic heterocycles. The number of benzene rings is 2. The molecule has 0 aliphatic carbocycles. The quantitative estimate of drug-likeness (QED) is 0.696. The van der Waals surface area contributed by atoms with Gasteiger partial charge in [-0.05, 0) is 56.5 Å². The van der Waals surface area contributed by atoms with E-state index in [1.807, 2.05) is 61.2 Å². The lowest BCUT2D eigenvalue weighted by Gasteiger charge is -2.29. The largest absolute Gasteiger partial charge is 0.492 e. The van der Waals surface area contributed by atoms with Gasteiger partial charge in [-0.15, -0.1) is 0 Å². The van der Waals surface area contributed by atoms with Crippen molar-refractivity contribution in [3.8, 4) is 5.75 Å². The Morgan fingerprint density at radius 1 is 1.14 bits per heavy atom. The highest BCUT2D eigenvalue weighted by molar-refractivity contribution is 6.05. The van der Waals surface area contributed by atoms with E-state index in [4.69, 9.17) is 4.74 Å². The van der Waals surface area contributed by atoms with Crippen LogP contribution in [0.2, 0.25) is 0 Å². The van der Waals surface area contributed by atoms with Crippen molar-refractivity contribution >= 4 is 23.2 Å². The molecule has 2 aromatic carbocycles. The Labute approximate surface area is 170 Å². The van der Waals surface area contributed by atoms with Crippen molar-refractivity contribution in [3.05, 3.63) is 71.5 Å². The van der Waals surface area contributed by atoms with Crippen LogP contribution >= 0.6 is 0 Å². The fourth-order valence-corrected chi connectivity index (χ4v) is 3.59. The van der Waals surface area contributed by atoms with Gasteiger partial charge in [0.15, 0.2) is 0 Å². The summed E-state index contributed by atoms with van der Waals surface area (Å²) in [4.78, 5) is 24.1. The maximum absolute atomic E-state index is 13.3. The van der Waals surface area contributed by atoms with E-state index in [9.17, 15) is 4.79 Å². The Bertz CT molecular complexity index is 1030. The number of hydrogen-bond acceptors (Lipinski definition) is 5. The minimum Gasteiger partial charge on any atom is -0.492 e. The van der Waals surface area contributed by atoms with Crippen LogP contribution in [0.5, 0.6) is 5.75 Å². The monoisotopic (exact) mass is 388 g/mol. The Kier molecular flexibility index (Phi) is 5.42. The van der Waals surface area contributed by atoms with Gasteiger partial charge in [-0.25, -0.2) is 9.97 Å². The van der Waals surface area contributed by atoms with E-state index in [2.05, 4.69) is 21.4 Å². The fraction of sp³-hybridized carbons (Fsp3) is 0.261. The van der Waals surface area contributed by atoms with Gasteiger partial charge in [0.25, 0.3) is 5.91 Å². The number of carbonyl (C=O) groups excluding carboxylic acids is 1. The second-order valence-corrected chi connectivity index (χ2v) is 6.96. The molecule has 0 fully saturated rings. The number of nitrogens with zero attached hydrogens (tertiary/aromatic N) is 3. The SMILES string of the molecule is CCOc1ccccc1Nc1nc(C)cc(C(=O)N2CCCc3ccccc32)n1. The lowest BCUT2D eigenvalue weighted by molar-refractivity contribution is 0.0980. The topological polar surface area (TPSA) is 67.3 Å². The number of aryl methyl sites for hydroxylation is 2. The normalized spacial score (nSPS) is 13.0. The molecule has 148 valence electrons. The molecule has 1 aromatic heterocycles. The van der Waals surface area contributed by atoms with Crippen molar-refractivity contribution in [1.82, 2.24) is 9.97 Å². The van der Waals surface area contributed by atoms with E-state index in [1.54, 1.807) is 6.07 Å². The molecule has 2 heterocycles. The molecule has 6 heteroatoms. The molecular weight excluding hydrogens is 364 g/mol. The van der Waals surface area contributed by atoms with Crippen LogP contribution in [0.15, 0.2) is 54.6 Å². The van der Waals surface area contributed by atoms with Gasteiger partial charge >= 0.3 is 0 Å². The molecular formula is C23H24N4O2. The number of anilines is 3. The maximum atomic E-state index is 13.3. The molecule has 0 atom stereocenters. The zero-order chi connectivity index (χ0) is 20.2. The average molecular weight is 388 g/mol. The van der Waals surface area contributed by atoms with Crippen LogP contribution < -0.4 is 15.0 Å². The van der Waals surface area contributed by atoms with Gasteiger partial charge in [0, 0.05) is 17.9 Å². The highest BCUT2D eigenvalue weighted by Gasteiger charge is 2.25. The van der Waals surface area contributed by atoms with E-state index in [1.165, 1.54) is 5.56 Å². The summed E-state index contributed by atoms with van der Waals surface area (Å²) < 4.78 is 5.66. The lowest BCUT2D eigenvalue weighted by atomic mass is 10.0. The van der Waals surface area contributed by atoms with Crippen molar-refractivity contribution in [2.45, 2.75) is 26.7 Å². The zero-order valence-electron chi connectivity index (χ0n) is 16.7. The summed E-state index contributed by atoms with van der Waals surface area (Å²) >= 11 is 0. The van der Waals surface area contributed by atoms with Crippen molar-refractivity contribution in [2.75, 3.05) is 23.4 Å². The third-order valence-electron chi connectivity index (χ3n) is 4.86. The Morgan fingerprint density at radius 3 is 2.79 bits per heavy atom. The summed E-state index contributed by atoms with van der Waals surface area (Å²) in [5, 5.41) is 3.20. The van der Waals surface area contributed by atoms with Crippen LogP contribution in [0.25, 0.3) is 0 Å². The van der Waals surface area contributed by atoms with Gasteiger partial charge in [0.2, 0.25) is 5.95 Å². The number of carbonyl (C=O) groups is 1. The van der Waals surface area contributed by atoms with Crippen LogP contribution in [-0.2, 0) is 6.42 Å². The van der Waals surface area contributed by atoms with Gasteiger partial charge in [-0.2, -0.15) is 0 Å². The summed E-state index contributed by atoms with van der Waals surface area (Å²) in [6.45, 7) is 5.05. The number of nitrogens with one attached hydrogen (secondary N) is 1. The van der Waals surface area contributed by atoms with Crippen LogP contribution in [0.1, 0.15) is 35.1 Å². The second kappa shape index (κ2) is 8.31. The molecule has 29 heavy (non-hydrogen) atoms. The minimum atomic E-state index is -0.108. The van der Waals surface area contributed by atoms with E-state index < -0.39 is 0 Å². The molecule has 1 amide bonds. The smallest absolute Gasteiger partial charge is 0.277 e. The summed E-state index contributed by atoms with van der Waals surface area (Å²) in [6.07, 6.45) is 1.93. The fourth-order valence-electron chi connectivity index (χ4n) is 3.59. The van der Waals surface area contributed by atoms with E-state index >= 15 is 0 Å². The molecule has 0 bridgehead atoms. The predicted octanol–water partition coefficient (Wildman–Crippen LogP) is 4.52. The summed E-state index contributed by atoms with van der Waals surface area (Å²) in [5.41, 5.74) is 4.04. The Balaban J connectivity index is 1.64. The van der Waals surface area contributed by atoms with Crippen LogP contribution in [0, 0.1) is 6.92 Å². The number of ether oxygens (including phenoxy) is 1. The minimum absolute atomic E-state index is 0.108. The molecule has 4 rings (SSSR count). The van der Waals surface area contributed by atoms with Crippen LogP contribution in [-0.4, -0.2) is 29.0 Å². The highest BCUT2D eigenvalue weighted by atomic mass is 16.5. The summed E-state index contributed by atoms with van der Waals surface area (Å²) in [5.74, 6) is 0.993.